The molecule has 20 heavy (non-hydrogen) atoms. The van der Waals surface area contributed by atoms with Gasteiger partial charge < -0.3 is 0 Å². The first kappa shape index (κ1) is 15.1. The van der Waals surface area contributed by atoms with Gasteiger partial charge in [-0.25, -0.2) is 0 Å². The fourth-order valence-electron chi connectivity index (χ4n) is 5.40. The molecule has 0 spiro atoms. The van der Waals surface area contributed by atoms with E-state index in [2.05, 4.69) is 0 Å². The molecule has 1 atom stereocenters. The molecule has 116 valence electrons. The van der Waals surface area contributed by atoms with Crippen LogP contribution in [-0.4, -0.2) is 9.52 Å². The summed E-state index contributed by atoms with van der Waals surface area (Å²) in [5, 5.41) is 0. The summed E-state index contributed by atoms with van der Waals surface area (Å²) in [6.07, 6.45) is 20.4. The van der Waals surface area contributed by atoms with Crippen molar-refractivity contribution in [1.82, 2.24) is 0 Å². The van der Waals surface area contributed by atoms with Crippen molar-refractivity contribution in [3.05, 3.63) is 0 Å². The summed E-state index contributed by atoms with van der Waals surface area (Å²) in [5.74, 6) is 4.60. The molecule has 2 aliphatic carbocycles. The van der Waals surface area contributed by atoms with Gasteiger partial charge in [-0.2, -0.15) is 0 Å². The van der Waals surface area contributed by atoms with E-state index < -0.39 is 0 Å². The second-order valence-electron chi connectivity index (χ2n) is 8.39. The molecule has 1 unspecified atom stereocenters. The molecule has 3 rings (SSSR count). The van der Waals surface area contributed by atoms with Gasteiger partial charge in [0.05, 0.1) is 0 Å². The summed E-state index contributed by atoms with van der Waals surface area (Å²) < 4.78 is 0. The SMILES string of the molecule is C1CCCC(CC2CC(CC3CCC[SiH2]C3)C2)CCC1. The van der Waals surface area contributed by atoms with Crippen molar-refractivity contribution in [1.29, 1.82) is 0 Å². The van der Waals surface area contributed by atoms with E-state index in [9.17, 15) is 0 Å². The molecule has 0 aromatic heterocycles. The van der Waals surface area contributed by atoms with Crippen molar-refractivity contribution < 1.29 is 0 Å². The molecular formula is C19H36Si. The van der Waals surface area contributed by atoms with E-state index in [1.54, 1.807) is 63.5 Å². The Labute approximate surface area is 129 Å². The molecule has 2 saturated carbocycles. The summed E-state index contributed by atoms with van der Waals surface area (Å²) in [4.78, 5) is 0. The molecule has 0 aromatic carbocycles. The van der Waals surface area contributed by atoms with Crippen molar-refractivity contribution >= 4 is 9.52 Å². The van der Waals surface area contributed by atoms with E-state index in [1.165, 1.54) is 38.0 Å². The third-order valence-electron chi connectivity index (χ3n) is 6.62. The molecular weight excluding hydrogens is 256 g/mol. The third kappa shape index (κ3) is 4.61. The minimum absolute atomic E-state index is 0.393. The van der Waals surface area contributed by atoms with E-state index in [0.29, 0.717) is 9.52 Å². The Morgan fingerprint density at radius 1 is 0.600 bits per heavy atom. The number of rotatable bonds is 4. The van der Waals surface area contributed by atoms with Gasteiger partial charge in [0.15, 0.2) is 0 Å². The Kier molecular flexibility index (Phi) is 6.06. The van der Waals surface area contributed by atoms with Gasteiger partial charge in [-0.1, -0.05) is 69.9 Å². The van der Waals surface area contributed by atoms with Gasteiger partial charge in [0.25, 0.3) is 0 Å². The standard InChI is InChI=1S/C19H36Si/c1-2-4-7-16(8-5-3-1)11-18-13-19(14-18)12-17-9-6-10-20-15-17/h16-19H,1-15,20H2. The average Bonchev–Trinajstić information content (AvgIpc) is 2.40. The average molecular weight is 293 g/mol. The normalized spacial score (nSPS) is 38.1. The van der Waals surface area contributed by atoms with Crippen LogP contribution in [-0.2, 0) is 0 Å². The third-order valence-corrected chi connectivity index (χ3v) is 8.84. The quantitative estimate of drug-likeness (QED) is 0.594. The Morgan fingerprint density at radius 2 is 1.20 bits per heavy atom. The lowest BCUT2D eigenvalue weighted by Crippen LogP contribution is -2.28. The van der Waals surface area contributed by atoms with Crippen LogP contribution in [0, 0.1) is 23.7 Å². The fourth-order valence-corrected chi connectivity index (χ4v) is 7.43. The lowest BCUT2D eigenvalue weighted by atomic mass is 9.67. The van der Waals surface area contributed by atoms with Gasteiger partial charge in [-0.05, 0) is 49.4 Å². The summed E-state index contributed by atoms with van der Waals surface area (Å²) in [6.45, 7) is 0. The molecule has 0 amide bonds. The molecule has 0 nitrogen and oxygen atoms in total. The molecule has 1 heteroatoms. The zero-order chi connectivity index (χ0) is 13.6. The van der Waals surface area contributed by atoms with Crippen LogP contribution in [0.1, 0.15) is 83.5 Å². The van der Waals surface area contributed by atoms with Gasteiger partial charge >= 0.3 is 0 Å². The largest absolute Gasteiger partial charge is 0.0628 e. The van der Waals surface area contributed by atoms with Crippen LogP contribution in [0.25, 0.3) is 0 Å². The van der Waals surface area contributed by atoms with Crippen LogP contribution in [0.2, 0.25) is 12.1 Å². The first-order valence-electron chi connectivity index (χ1n) is 9.90. The maximum atomic E-state index is 1.70. The van der Waals surface area contributed by atoms with Gasteiger partial charge in [0.2, 0.25) is 0 Å². The second kappa shape index (κ2) is 8.01. The molecule has 1 heterocycles. The van der Waals surface area contributed by atoms with Crippen LogP contribution >= 0.6 is 0 Å². The Balaban J connectivity index is 1.31. The van der Waals surface area contributed by atoms with Gasteiger partial charge in [0, 0.05) is 9.52 Å². The first-order valence-corrected chi connectivity index (χ1v) is 11.9. The van der Waals surface area contributed by atoms with E-state index in [0.717, 1.165) is 17.8 Å². The molecule has 1 saturated heterocycles. The van der Waals surface area contributed by atoms with Gasteiger partial charge in [0.1, 0.15) is 0 Å². The summed E-state index contributed by atoms with van der Waals surface area (Å²) in [7, 11) is 0.393. The lowest BCUT2D eigenvalue weighted by Gasteiger charge is -2.40. The monoisotopic (exact) mass is 292 g/mol. The van der Waals surface area contributed by atoms with Crippen LogP contribution in [0.4, 0.5) is 0 Å². The Bertz CT molecular complexity index is 255. The Hall–Kier alpha value is 0.217. The van der Waals surface area contributed by atoms with Crippen molar-refractivity contribution in [3.8, 4) is 0 Å². The molecule has 3 fully saturated rings. The molecule has 3 aliphatic rings. The minimum Gasteiger partial charge on any atom is -0.0628 e. The van der Waals surface area contributed by atoms with Crippen LogP contribution in [0.15, 0.2) is 0 Å². The summed E-state index contributed by atoms with van der Waals surface area (Å²) in [6, 6.07) is 3.36. The second-order valence-corrected chi connectivity index (χ2v) is 10.4. The molecule has 0 radical (unpaired) electrons. The van der Waals surface area contributed by atoms with Crippen LogP contribution in [0.5, 0.6) is 0 Å². The smallest absolute Gasteiger partial charge is 0.0200 e. The molecule has 0 bridgehead atoms. The van der Waals surface area contributed by atoms with E-state index >= 15 is 0 Å². The maximum Gasteiger partial charge on any atom is 0.0200 e. The van der Waals surface area contributed by atoms with Gasteiger partial charge in [-0.15, -0.1) is 0 Å². The van der Waals surface area contributed by atoms with E-state index in [1.807, 2.05) is 0 Å². The number of hydrogen-bond donors (Lipinski definition) is 0. The van der Waals surface area contributed by atoms with Crippen molar-refractivity contribution in [2.24, 2.45) is 23.7 Å². The highest BCUT2D eigenvalue weighted by molar-refractivity contribution is 6.35. The van der Waals surface area contributed by atoms with Crippen LogP contribution in [0.3, 0.4) is 0 Å². The highest BCUT2D eigenvalue weighted by atomic mass is 28.2. The minimum atomic E-state index is 0.393. The Morgan fingerprint density at radius 3 is 1.85 bits per heavy atom. The predicted octanol–water partition coefficient (Wildman–Crippen LogP) is 5.57. The van der Waals surface area contributed by atoms with Crippen LogP contribution < -0.4 is 0 Å². The molecule has 0 aromatic rings. The fraction of sp³-hybridized carbons (Fsp3) is 1.00. The van der Waals surface area contributed by atoms with Crippen molar-refractivity contribution in [3.63, 3.8) is 0 Å². The summed E-state index contributed by atoms with van der Waals surface area (Å²) >= 11 is 0. The maximum absolute atomic E-state index is 1.70. The number of hydrogen-bond acceptors (Lipinski definition) is 0. The molecule has 0 N–H and O–H groups in total. The molecule has 1 aliphatic heterocycles. The zero-order valence-corrected chi connectivity index (χ0v) is 15.0. The topological polar surface area (TPSA) is 0 Å². The van der Waals surface area contributed by atoms with Crippen molar-refractivity contribution in [2.45, 2.75) is 95.6 Å². The first-order chi connectivity index (χ1) is 9.90. The lowest BCUT2D eigenvalue weighted by molar-refractivity contribution is 0.124. The highest BCUT2D eigenvalue weighted by Gasteiger charge is 2.32. The zero-order valence-electron chi connectivity index (χ0n) is 13.6. The predicted molar refractivity (Wildman–Crippen MR) is 92.1 cm³/mol. The van der Waals surface area contributed by atoms with Gasteiger partial charge in [-0.3, -0.25) is 0 Å². The van der Waals surface area contributed by atoms with E-state index in [-0.39, 0.29) is 0 Å². The van der Waals surface area contributed by atoms with E-state index in [4.69, 9.17) is 0 Å². The van der Waals surface area contributed by atoms with Crippen molar-refractivity contribution in [2.75, 3.05) is 0 Å². The highest BCUT2D eigenvalue weighted by Crippen LogP contribution is 2.44. The summed E-state index contributed by atoms with van der Waals surface area (Å²) in [5.41, 5.74) is 0.